The Morgan fingerprint density at radius 1 is 1.32 bits per heavy atom. The molecule has 0 aromatic rings. The summed E-state index contributed by atoms with van der Waals surface area (Å²) >= 11 is 0. The maximum Gasteiger partial charge on any atom is 0.191 e. The molecule has 4 unspecified atom stereocenters. The van der Waals surface area contributed by atoms with Crippen LogP contribution in [0.1, 0.15) is 32.1 Å². The number of hydrogen-bond acceptors (Lipinski definition) is 4. The Morgan fingerprint density at radius 3 is 2.84 bits per heavy atom. The van der Waals surface area contributed by atoms with Crippen LogP contribution in [0.4, 0.5) is 0 Å². The second kappa shape index (κ2) is 8.27. The number of aliphatic imine (C=N–C) groups is 1. The minimum absolute atomic E-state index is 0. The van der Waals surface area contributed by atoms with Crippen molar-refractivity contribution in [3.63, 3.8) is 0 Å². The summed E-state index contributed by atoms with van der Waals surface area (Å²) in [6, 6.07) is 1.04. The van der Waals surface area contributed by atoms with Crippen molar-refractivity contribution in [1.82, 2.24) is 15.5 Å². The smallest absolute Gasteiger partial charge is 0.191 e. The maximum atomic E-state index is 6.02. The third kappa shape index (κ3) is 3.53. The lowest BCUT2D eigenvalue weighted by Gasteiger charge is -2.63. The molecule has 7 heteroatoms. The number of methoxy groups -OCH3 is 1. The molecule has 0 radical (unpaired) electrons. The van der Waals surface area contributed by atoms with Gasteiger partial charge >= 0.3 is 0 Å². The molecule has 4 rings (SSSR count). The van der Waals surface area contributed by atoms with E-state index in [9.17, 15) is 0 Å². The predicted molar refractivity (Wildman–Crippen MR) is 110 cm³/mol. The van der Waals surface area contributed by atoms with Crippen LogP contribution in [0, 0.1) is 11.3 Å². The lowest BCUT2D eigenvalue weighted by molar-refractivity contribution is -0.171. The summed E-state index contributed by atoms with van der Waals surface area (Å²) in [6.45, 7) is 5.00. The van der Waals surface area contributed by atoms with E-state index >= 15 is 0 Å². The molecule has 2 saturated heterocycles. The number of fused-ring (bicyclic) bond motifs is 2. The van der Waals surface area contributed by atoms with Gasteiger partial charge in [-0.15, -0.1) is 24.0 Å². The Kier molecular flexibility index (Phi) is 6.50. The summed E-state index contributed by atoms with van der Waals surface area (Å²) < 4.78 is 11.2. The normalized spacial score (nSPS) is 36.3. The zero-order valence-electron chi connectivity index (χ0n) is 15.5. The van der Waals surface area contributed by atoms with Gasteiger partial charge in [0.15, 0.2) is 5.96 Å². The molecule has 6 nitrogen and oxygen atoms in total. The van der Waals surface area contributed by atoms with Gasteiger partial charge in [0.25, 0.3) is 0 Å². The number of halogens is 1. The van der Waals surface area contributed by atoms with Crippen molar-refractivity contribution >= 4 is 29.9 Å². The number of rotatable bonds is 5. The van der Waals surface area contributed by atoms with E-state index in [1.807, 2.05) is 7.05 Å². The first kappa shape index (κ1) is 19.6. The van der Waals surface area contributed by atoms with E-state index < -0.39 is 0 Å². The highest BCUT2D eigenvalue weighted by atomic mass is 127. The quantitative estimate of drug-likeness (QED) is 0.367. The zero-order valence-corrected chi connectivity index (χ0v) is 17.8. The van der Waals surface area contributed by atoms with Gasteiger partial charge in [-0.3, -0.25) is 9.89 Å². The molecule has 2 aliphatic heterocycles. The van der Waals surface area contributed by atoms with E-state index in [4.69, 9.17) is 9.47 Å². The second-order valence-corrected chi connectivity index (χ2v) is 7.95. The number of likely N-dealkylation sites (tertiary alicyclic amines) is 1. The highest BCUT2D eigenvalue weighted by Gasteiger charge is 2.66. The van der Waals surface area contributed by atoms with E-state index in [-0.39, 0.29) is 24.0 Å². The van der Waals surface area contributed by atoms with Crippen molar-refractivity contribution in [2.75, 3.05) is 47.0 Å². The Morgan fingerprint density at radius 2 is 2.16 bits per heavy atom. The van der Waals surface area contributed by atoms with Gasteiger partial charge in [0, 0.05) is 63.8 Å². The third-order valence-electron chi connectivity index (χ3n) is 6.78. The van der Waals surface area contributed by atoms with Crippen LogP contribution in [0.15, 0.2) is 4.99 Å². The topological polar surface area (TPSA) is 58.1 Å². The number of guanidine groups is 1. The van der Waals surface area contributed by atoms with Gasteiger partial charge in [-0.25, -0.2) is 0 Å². The van der Waals surface area contributed by atoms with E-state index in [2.05, 4.69) is 20.5 Å². The van der Waals surface area contributed by atoms with Gasteiger partial charge in [-0.2, -0.15) is 0 Å². The first-order chi connectivity index (χ1) is 11.8. The predicted octanol–water partition coefficient (Wildman–Crippen LogP) is 1.45. The lowest BCUT2D eigenvalue weighted by atomic mass is 9.46. The minimum Gasteiger partial charge on any atom is -0.383 e. The molecule has 2 N–H and O–H groups in total. The standard InChI is InChI=1S/C18H32N4O2.HI/c1-19-17(20-13-4-8-22(12-13)9-11-23-2)21-15-14-5-10-24-16(14)18(15)6-3-7-18;/h13-16H,3-12H2,1-2H3,(H2,19,20,21);1H. The number of nitrogens with one attached hydrogen (secondary N) is 2. The van der Waals surface area contributed by atoms with E-state index in [0.717, 1.165) is 38.8 Å². The molecular weight excluding hydrogens is 431 g/mol. The van der Waals surface area contributed by atoms with Crippen molar-refractivity contribution in [2.45, 2.75) is 50.3 Å². The maximum absolute atomic E-state index is 6.02. The summed E-state index contributed by atoms with van der Waals surface area (Å²) in [5, 5.41) is 7.42. The van der Waals surface area contributed by atoms with E-state index in [0.29, 0.717) is 29.5 Å². The van der Waals surface area contributed by atoms with Crippen LogP contribution < -0.4 is 10.6 Å². The summed E-state index contributed by atoms with van der Waals surface area (Å²) in [4.78, 5) is 6.97. The SMILES string of the molecule is CN=C(NC1CCN(CCOC)C1)NC1C2CCOC2C12CCC2.I. The van der Waals surface area contributed by atoms with Crippen molar-refractivity contribution in [1.29, 1.82) is 0 Å². The van der Waals surface area contributed by atoms with Crippen LogP contribution in [0.2, 0.25) is 0 Å². The lowest BCUT2D eigenvalue weighted by Crippen LogP contribution is -2.72. The van der Waals surface area contributed by atoms with Crippen LogP contribution in [0.5, 0.6) is 0 Å². The summed E-state index contributed by atoms with van der Waals surface area (Å²) in [5.41, 5.74) is 0.402. The van der Waals surface area contributed by atoms with Crippen LogP contribution in [-0.2, 0) is 9.47 Å². The fourth-order valence-electron chi connectivity index (χ4n) is 5.34. The van der Waals surface area contributed by atoms with Gasteiger partial charge in [0.2, 0.25) is 0 Å². The molecule has 4 aliphatic rings. The van der Waals surface area contributed by atoms with Gasteiger partial charge in [0.05, 0.1) is 12.7 Å². The average Bonchev–Trinajstić information content (AvgIpc) is 3.16. The molecule has 2 heterocycles. The van der Waals surface area contributed by atoms with Gasteiger partial charge in [0.1, 0.15) is 0 Å². The number of ether oxygens (including phenoxy) is 2. The van der Waals surface area contributed by atoms with Crippen LogP contribution in [0.25, 0.3) is 0 Å². The molecule has 2 saturated carbocycles. The summed E-state index contributed by atoms with van der Waals surface area (Å²) in [7, 11) is 3.66. The van der Waals surface area contributed by atoms with E-state index in [1.54, 1.807) is 7.11 Å². The van der Waals surface area contributed by atoms with E-state index in [1.165, 1.54) is 32.1 Å². The van der Waals surface area contributed by atoms with Crippen molar-refractivity contribution in [3.8, 4) is 0 Å². The fraction of sp³-hybridized carbons (Fsp3) is 0.944. The van der Waals surface area contributed by atoms with Crippen molar-refractivity contribution in [2.24, 2.45) is 16.3 Å². The highest BCUT2D eigenvalue weighted by molar-refractivity contribution is 14.0. The van der Waals surface area contributed by atoms with Crippen LogP contribution in [0.3, 0.4) is 0 Å². The molecule has 0 bridgehead atoms. The van der Waals surface area contributed by atoms with Crippen LogP contribution in [-0.4, -0.2) is 76.1 Å². The summed E-state index contributed by atoms with van der Waals surface area (Å²) in [6.07, 6.45) is 6.88. The Hall–Kier alpha value is -0.120. The molecule has 4 fully saturated rings. The zero-order chi connectivity index (χ0) is 16.6. The van der Waals surface area contributed by atoms with Gasteiger partial charge in [-0.05, 0) is 25.7 Å². The highest BCUT2D eigenvalue weighted by Crippen LogP contribution is 2.62. The fourth-order valence-corrected chi connectivity index (χ4v) is 5.34. The second-order valence-electron chi connectivity index (χ2n) is 7.95. The molecule has 2 aliphatic carbocycles. The van der Waals surface area contributed by atoms with Crippen LogP contribution >= 0.6 is 24.0 Å². The molecular formula is C18H33IN4O2. The average molecular weight is 464 g/mol. The first-order valence-corrected chi connectivity index (χ1v) is 9.59. The molecule has 0 amide bonds. The minimum atomic E-state index is 0. The third-order valence-corrected chi connectivity index (χ3v) is 6.78. The van der Waals surface area contributed by atoms with Crippen molar-refractivity contribution in [3.05, 3.63) is 0 Å². The molecule has 25 heavy (non-hydrogen) atoms. The number of nitrogens with zero attached hydrogens (tertiary/aromatic N) is 2. The number of hydrogen-bond donors (Lipinski definition) is 2. The first-order valence-electron chi connectivity index (χ1n) is 9.59. The monoisotopic (exact) mass is 464 g/mol. The van der Waals surface area contributed by atoms with Gasteiger partial charge < -0.3 is 20.1 Å². The molecule has 0 aromatic heterocycles. The Bertz CT molecular complexity index is 486. The molecule has 0 aromatic carbocycles. The largest absolute Gasteiger partial charge is 0.383 e. The Balaban J connectivity index is 0.00000182. The van der Waals surface area contributed by atoms with Crippen molar-refractivity contribution < 1.29 is 9.47 Å². The molecule has 1 spiro atoms. The Labute approximate surface area is 168 Å². The molecule has 4 atom stereocenters. The van der Waals surface area contributed by atoms with Gasteiger partial charge in [-0.1, -0.05) is 6.42 Å². The molecule has 144 valence electrons. The summed E-state index contributed by atoms with van der Waals surface area (Å²) in [5.74, 6) is 1.67.